The second-order valence-electron chi connectivity index (χ2n) is 3.33. The number of amides is 1. The zero-order chi connectivity index (χ0) is 10.6. The fourth-order valence-corrected chi connectivity index (χ4v) is 1.30. The van der Waals surface area contributed by atoms with E-state index in [-0.39, 0.29) is 17.8 Å². The van der Waals surface area contributed by atoms with E-state index in [9.17, 15) is 4.79 Å². The van der Waals surface area contributed by atoms with Crippen molar-refractivity contribution in [2.24, 2.45) is 0 Å². The topological polar surface area (TPSA) is 29.1 Å². The molecule has 0 saturated heterocycles. The summed E-state index contributed by atoms with van der Waals surface area (Å²) in [6.07, 6.45) is 0. The van der Waals surface area contributed by atoms with Gasteiger partial charge in [0.2, 0.25) is 5.91 Å². The summed E-state index contributed by atoms with van der Waals surface area (Å²) in [7, 11) is 0. The Morgan fingerprint density at radius 2 is 2.00 bits per heavy atom. The lowest BCUT2D eigenvalue weighted by Gasteiger charge is -2.13. The SMILES string of the molecule is Cc1ccc(C(C)NC(=O)CCl)cc1. The monoisotopic (exact) mass is 211 g/mol. The number of benzene rings is 1. The van der Waals surface area contributed by atoms with Crippen LogP contribution in [0.5, 0.6) is 0 Å². The van der Waals surface area contributed by atoms with E-state index in [2.05, 4.69) is 5.32 Å². The number of halogens is 1. The number of nitrogens with one attached hydrogen (secondary N) is 1. The molecule has 76 valence electrons. The molecule has 1 aromatic rings. The van der Waals surface area contributed by atoms with Crippen LogP contribution in [0.2, 0.25) is 0 Å². The molecule has 1 amide bonds. The van der Waals surface area contributed by atoms with Gasteiger partial charge in [-0.05, 0) is 19.4 Å². The molecule has 1 unspecified atom stereocenters. The van der Waals surface area contributed by atoms with Gasteiger partial charge in [0.1, 0.15) is 5.88 Å². The molecule has 0 fully saturated rings. The third-order valence-electron chi connectivity index (χ3n) is 2.08. The summed E-state index contributed by atoms with van der Waals surface area (Å²) < 4.78 is 0. The van der Waals surface area contributed by atoms with Gasteiger partial charge in [-0.15, -0.1) is 11.6 Å². The number of carbonyl (C=O) groups is 1. The number of carbonyl (C=O) groups excluding carboxylic acids is 1. The Labute approximate surface area is 89.3 Å². The van der Waals surface area contributed by atoms with E-state index in [0.717, 1.165) is 5.56 Å². The third-order valence-corrected chi connectivity index (χ3v) is 2.32. The van der Waals surface area contributed by atoms with Crippen molar-refractivity contribution in [3.63, 3.8) is 0 Å². The van der Waals surface area contributed by atoms with Crippen molar-refractivity contribution in [3.8, 4) is 0 Å². The highest BCUT2D eigenvalue weighted by atomic mass is 35.5. The second kappa shape index (κ2) is 5.01. The van der Waals surface area contributed by atoms with Crippen LogP contribution in [0.15, 0.2) is 24.3 Å². The summed E-state index contributed by atoms with van der Waals surface area (Å²) >= 11 is 5.40. The lowest BCUT2D eigenvalue weighted by Crippen LogP contribution is -2.27. The van der Waals surface area contributed by atoms with Gasteiger partial charge in [-0.3, -0.25) is 4.79 Å². The normalized spacial score (nSPS) is 12.2. The maximum atomic E-state index is 11.0. The van der Waals surface area contributed by atoms with E-state index in [1.807, 2.05) is 38.1 Å². The fraction of sp³-hybridized carbons (Fsp3) is 0.364. The van der Waals surface area contributed by atoms with Crippen LogP contribution in [-0.2, 0) is 4.79 Å². The van der Waals surface area contributed by atoms with Crippen LogP contribution in [0.1, 0.15) is 24.1 Å². The van der Waals surface area contributed by atoms with Gasteiger partial charge >= 0.3 is 0 Å². The van der Waals surface area contributed by atoms with Crippen molar-refractivity contribution in [1.29, 1.82) is 0 Å². The van der Waals surface area contributed by atoms with E-state index in [1.54, 1.807) is 0 Å². The molecule has 14 heavy (non-hydrogen) atoms. The number of rotatable bonds is 3. The predicted octanol–water partition coefficient (Wildman–Crippen LogP) is 2.41. The quantitative estimate of drug-likeness (QED) is 0.765. The van der Waals surface area contributed by atoms with Gasteiger partial charge in [-0.1, -0.05) is 29.8 Å². The maximum Gasteiger partial charge on any atom is 0.235 e. The van der Waals surface area contributed by atoms with E-state index in [0.29, 0.717) is 0 Å². The molecule has 0 radical (unpaired) electrons. The van der Waals surface area contributed by atoms with E-state index >= 15 is 0 Å². The molecule has 1 aromatic carbocycles. The highest BCUT2D eigenvalue weighted by molar-refractivity contribution is 6.27. The van der Waals surface area contributed by atoms with Crippen molar-refractivity contribution >= 4 is 17.5 Å². The summed E-state index contributed by atoms with van der Waals surface area (Å²) in [5.74, 6) is -0.129. The van der Waals surface area contributed by atoms with Crippen molar-refractivity contribution in [1.82, 2.24) is 5.32 Å². The molecule has 0 aliphatic carbocycles. The first-order valence-electron chi connectivity index (χ1n) is 4.55. The Hall–Kier alpha value is -1.02. The summed E-state index contributed by atoms with van der Waals surface area (Å²) in [4.78, 5) is 11.0. The summed E-state index contributed by atoms with van der Waals surface area (Å²) in [5, 5.41) is 2.79. The zero-order valence-electron chi connectivity index (χ0n) is 8.38. The van der Waals surface area contributed by atoms with E-state index in [4.69, 9.17) is 11.6 Å². The van der Waals surface area contributed by atoms with Gasteiger partial charge in [0.25, 0.3) is 0 Å². The number of hydrogen-bond acceptors (Lipinski definition) is 1. The van der Waals surface area contributed by atoms with Gasteiger partial charge in [-0.25, -0.2) is 0 Å². The van der Waals surface area contributed by atoms with Crippen LogP contribution >= 0.6 is 11.6 Å². The Balaban J connectivity index is 2.65. The van der Waals surface area contributed by atoms with Crippen molar-refractivity contribution < 1.29 is 4.79 Å². The molecule has 0 aliphatic rings. The van der Waals surface area contributed by atoms with Crippen molar-refractivity contribution in [2.45, 2.75) is 19.9 Å². The number of aryl methyl sites for hydroxylation is 1. The minimum atomic E-state index is -0.139. The number of hydrogen-bond donors (Lipinski definition) is 1. The van der Waals surface area contributed by atoms with Crippen LogP contribution in [0.4, 0.5) is 0 Å². The van der Waals surface area contributed by atoms with E-state index < -0.39 is 0 Å². The minimum absolute atomic E-state index is 0.0101. The largest absolute Gasteiger partial charge is 0.349 e. The number of alkyl halides is 1. The first-order valence-corrected chi connectivity index (χ1v) is 5.09. The first-order chi connectivity index (χ1) is 6.63. The molecule has 1 atom stereocenters. The third kappa shape index (κ3) is 3.04. The Morgan fingerprint density at radius 3 is 2.50 bits per heavy atom. The van der Waals surface area contributed by atoms with Crippen LogP contribution < -0.4 is 5.32 Å². The van der Waals surface area contributed by atoms with Gasteiger partial charge in [0, 0.05) is 0 Å². The molecule has 0 spiro atoms. The van der Waals surface area contributed by atoms with Gasteiger partial charge in [0.05, 0.1) is 6.04 Å². The molecule has 2 nitrogen and oxygen atoms in total. The molecule has 0 saturated carbocycles. The molecule has 1 rings (SSSR count). The minimum Gasteiger partial charge on any atom is -0.349 e. The molecule has 1 N–H and O–H groups in total. The molecular formula is C11H14ClNO. The lowest BCUT2D eigenvalue weighted by molar-refractivity contribution is -0.119. The van der Waals surface area contributed by atoms with Crippen LogP contribution in [-0.4, -0.2) is 11.8 Å². The highest BCUT2D eigenvalue weighted by Gasteiger charge is 2.07. The average molecular weight is 212 g/mol. The first kappa shape index (κ1) is 11.1. The second-order valence-corrected chi connectivity index (χ2v) is 3.60. The standard InChI is InChI=1S/C11H14ClNO/c1-8-3-5-10(6-4-8)9(2)13-11(14)7-12/h3-6,9H,7H2,1-2H3,(H,13,14). The van der Waals surface area contributed by atoms with Crippen molar-refractivity contribution in [3.05, 3.63) is 35.4 Å². The van der Waals surface area contributed by atoms with E-state index in [1.165, 1.54) is 5.56 Å². The molecule has 0 bridgehead atoms. The van der Waals surface area contributed by atoms with Crippen molar-refractivity contribution in [2.75, 3.05) is 5.88 Å². The average Bonchev–Trinajstić information content (AvgIpc) is 2.18. The summed E-state index contributed by atoms with van der Waals surface area (Å²) in [5.41, 5.74) is 2.30. The summed E-state index contributed by atoms with van der Waals surface area (Å²) in [6, 6.07) is 8.09. The molecular weight excluding hydrogens is 198 g/mol. The van der Waals surface area contributed by atoms with Gasteiger partial charge < -0.3 is 5.32 Å². The van der Waals surface area contributed by atoms with Crippen LogP contribution in [0, 0.1) is 6.92 Å². The smallest absolute Gasteiger partial charge is 0.235 e. The lowest BCUT2D eigenvalue weighted by atomic mass is 10.1. The fourth-order valence-electron chi connectivity index (χ4n) is 1.22. The predicted molar refractivity (Wildman–Crippen MR) is 58.5 cm³/mol. The Bertz CT molecular complexity index is 308. The zero-order valence-corrected chi connectivity index (χ0v) is 9.14. The highest BCUT2D eigenvalue weighted by Crippen LogP contribution is 2.12. The van der Waals surface area contributed by atoms with Crippen LogP contribution in [0.25, 0.3) is 0 Å². The van der Waals surface area contributed by atoms with Gasteiger partial charge in [0.15, 0.2) is 0 Å². The summed E-state index contributed by atoms with van der Waals surface area (Å²) in [6.45, 7) is 3.97. The molecule has 0 heterocycles. The maximum absolute atomic E-state index is 11.0. The molecule has 0 aromatic heterocycles. The Morgan fingerprint density at radius 1 is 1.43 bits per heavy atom. The van der Waals surface area contributed by atoms with Crippen LogP contribution in [0.3, 0.4) is 0 Å². The molecule has 0 aliphatic heterocycles. The Kier molecular flexibility index (Phi) is 3.96. The molecule has 3 heteroatoms. The van der Waals surface area contributed by atoms with Gasteiger partial charge in [-0.2, -0.15) is 0 Å².